The van der Waals surface area contributed by atoms with Crippen LogP contribution in [0.2, 0.25) is 5.02 Å². The van der Waals surface area contributed by atoms with E-state index < -0.39 is 9.84 Å². The second-order valence-electron chi connectivity index (χ2n) is 6.77. The number of halogens is 1. The molecule has 0 N–H and O–H groups in total. The van der Waals surface area contributed by atoms with Crippen molar-refractivity contribution in [2.45, 2.75) is 44.5 Å². The molecule has 2 saturated heterocycles. The van der Waals surface area contributed by atoms with Crippen LogP contribution in [-0.2, 0) is 21.2 Å². The van der Waals surface area contributed by atoms with Gasteiger partial charge in [-0.3, -0.25) is 4.79 Å². The van der Waals surface area contributed by atoms with Crippen LogP contribution in [0.5, 0.6) is 0 Å². The number of fused-ring (bicyclic) bond motifs is 1. The van der Waals surface area contributed by atoms with Crippen molar-refractivity contribution in [2.75, 3.05) is 11.5 Å². The van der Waals surface area contributed by atoms with Gasteiger partial charge in [0, 0.05) is 22.7 Å². The van der Waals surface area contributed by atoms with E-state index in [4.69, 9.17) is 11.6 Å². The first-order valence-corrected chi connectivity index (χ1v) is 11.9. The van der Waals surface area contributed by atoms with E-state index in [2.05, 4.69) is 4.99 Å². The number of amides is 1. The number of sulfone groups is 1. The molecule has 26 heavy (non-hydrogen) atoms. The zero-order valence-electron chi connectivity index (χ0n) is 14.9. The molecule has 0 aromatic heterocycles. The van der Waals surface area contributed by atoms with Gasteiger partial charge in [0.25, 0.3) is 5.91 Å². The number of amidine groups is 1. The number of nitrogens with zero attached hydrogens (tertiary/aromatic N) is 2. The molecular formula is C18H23ClN2O3S2. The van der Waals surface area contributed by atoms with Crippen LogP contribution in [0, 0.1) is 5.92 Å². The maximum Gasteiger partial charge on any atom is 0.251 e. The van der Waals surface area contributed by atoms with Crippen LogP contribution in [0.1, 0.15) is 32.3 Å². The molecule has 0 radical (unpaired) electrons. The van der Waals surface area contributed by atoms with Crippen molar-refractivity contribution in [3.05, 3.63) is 34.9 Å². The maximum absolute atomic E-state index is 12.5. The van der Waals surface area contributed by atoms with E-state index in [1.54, 1.807) is 0 Å². The van der Waals surface area contributed by atoms with Crippen molar-refractivity contribution in [2.24, 2.45) is 10.9 Å². The third kappa shape index (κ3) is 4.10. The van der Waals surface area contributed by atoms with Crippen molar-refractivity contribution >= 4 is 44.3 Å². The fourth-order valence-corrected chi connectivity index (χ4v) is 7.61. The lowest BCUT2D eigenvalue weighted by Gasteiger charge is -2.25. The van der Waals surface area contributed by atoms with Gasteiger partial charge in [0.1, 0.15) is 0 Å². The van der Waals surface area contributed by atoms with Crippen LogP contribution in [0.3, 0.4) is 0 Å². The molecular weight excluding hydrogens is 392 g/mol. The Morgan fingerprint density at radius 2 is 2.00 bits per heavy atom. The summed E-state index contributed by atoms with van der Waals surface area (Å²) in [5.41, 5.74) is 0.905. The lowest BCUT2D eigenvalue weighted by Crippen LogP contribution is -2.37. The summed E-state index contributed by atoms with van der Waals surface area (Å²) in [6, 6.07) is 7.34. The second-order valence-corrected chi connectivity index (χ2v) is 10.5. The smallest absolute Gasteiger partial charge is 0.251 e. The first kappa shape index (κ1) is 19.7. The Morgan fingerprint density at radius 3 is 2.65 bits per heavy atom. The first-order valence-electron chi connectivity index (χ1n) is 8.84. The van der Waals surface area contributed by atoms with Crippen LogP contribution in [-0.4, -0.2) is 47.2 Å². The van der Waals surface area contributed by atoms with Gasteiger partial charge in [0.15, 0.2) is 15.0 Å². The average Bonchev–Trinajstić information content (AvgIpc) is 3.03. The summed E-state index contributed by atoms with van der Waals surface area (Å²) in [5, 5.41) is 1.19. The first-order chi connectivity index (χ1) is 12.3. The third-order valence-corrected chi connectivity index (χ3v) is 8.63. The zero-order valence-corrected chi connectivity index (χ0v) is 17.3. The van der Waals surface area contributed by atoms with Crippen molar-refractivity contribution in [1.29, 1.82) is 0 Å². The van der Waals surface area contributed by atoms with E-state index in [0.717, 1.165) is 18.4 Å². The molecule has 2 fully saturated rings. The normalized spacial score (nSPS) is 25.8. The fraction of sp³-hybridized carbons (Fsp3) is 0.556. The minimum Gasteiger partial charge on any atom is -0.342 e. The molecule has 0 spiro atoms. The van der Waals surface area contributed by atoms with Gasteiger partial charge in [-0.15, -0.1) is 0 Å². The van der Waals surface area contributed by atoms with Crippen LogP contribution in [0.25, 0.3) is 0 Å². The number of hydrogen-bond acceptors (Lipinski definition) is 4. The minimum atomic E-state index is -3.05. The zero-order chi connectivity index (χ0) is 18.9. The second kappa shape index (κ2) is 7.90. The monoisotopic (exact) mass is 414 g/mol. The van der Waals surface area contributed by atoms with Crippen molar-refractivity contribution in [3.63, 3.8) is 0 Å². The Kier molecular flexibility index (Phi) is 5.99. The van der Waals surface area contributed by atoms with Crippen LogP contribution in [0.4, 0.5) is 0 Å². The highest BCUT2D eigenvalue weighted by molar-refractivity contribution is 8.15. The van der Waals surface area contributed by atoms with Gasteiger partial charge in [-0.2, -0.15) is 4.99 Å². The summed E-state index contributed by atoms with van der Waals surface area (Å²) in [4.78, 5) is 18.8. The topological polar surface area (TPSA) is 66.8 Å². The summed E-state index contributed by atoms with van der Waals surface area (Å²) in [7, 11) is -3.05. The predicted molar refractivity (Wildman–Crippen MR) is 107 cm³/mol. The molecule has 2 heterocycles. The average molecular weight is 415 g/mol. The number of hydrogen-bond donors (Lipinski definition) is 0. The molecule has 1 aromatic carbocycles. The molecule has 2 aliphatic heterocycles. The van der Waals surface area contributed by atoms with Crippen LogP contribution in [0.15, 0.2) is 29.3 Å². The summed E-state index contributed by atoms with van der Waals surface area (Å²) in [5.74, 6) is 0.0336. The van der Waals surface area contributed by atoms with E-state index in [1.807, 2.05) is 43.0 Å². The van der Waals surface area contributed by atoms with Crippen molar-refractivity contribution in [3.8, 4) is 0 Å². The van der Waals surface area contributed by atoms with E-state index in [0.29, 0.717) is 16.7 Å². The molecule has 3 rings (SSSR count). The van der Waals surface area contributed by atoms with Gasteiger partial charge < -0.3 is 4.90 Å². The fourth-order valence-electron chi connectivity index (χ4n) is 3.45. The number of carbonyl (C=O) groups is 1. The molecule has 5 nitrogen and oxygen atoms in total. The van der Waals surface area contributed by atoms with Gasteiger partial charge in [-0.1, -0.05) is 55.4 Å². The molecule has 2 atom stereocenters. The van der Waals surface area contributed by atoms with E-state index in [9.17, 15) is 13.2 Å². The van der Waals surface area contributed by atoms with Crippen molar-refractivity contribution in [1.82, 2.24) is 4.90 Å². The quantitative estimate of drug-likeness (QED) is 0.738. The molecule has 8 heteroatoms. The van der Waals surface area contributed by atoms with Gasteiger partial charge >= 0.3 is 0 Å². The predicted octanol–water partition coefficient (Wildman–Crippen LogP) is 3.37. The SMILES string of the molecule is CCC(CC)C(=O)N=C1SC2CS(=O)(=O)CC2N1Cc1ccccc1Cl. The van der Waals surface area contributed by atoms with Crippen LogP contribution >= 0.6 is 23.4 Å². The summed E-state index contributed by atoms with van der Waals surface area (Å²) >= 11 is 7.71. The highest BCUT2D eigenvalue weighted by Crippen LogP contribution is 2.39. The largest absolute Gasteiger partial charge is 0.342 e. The molecule has 142 valence electrons. The van der Waals surface area contributed by atoms with E-state index in [1.165, 1.54) is 11.8 Å². The number of benzene rings is 1. The Hall–Kier alpha value is -1.05. The minimum absolute atomic E-state index is 0.0734. The molecule has 0 saturated carbocycles. The lowest BCUT2D eigenvalue weighted by atomic mass is 10.0. The van der Waals surface area contributed by atoms with E-state index >= 15 is 0 Å². The maximum atomic E-state index is 12.5. The summed E-state index contributed by atoms with van der Waals surface area (Å²) in [6.07, 6.45) is 1.51. The van der Waals surface area contributed by atoms with E-state index in [-0.39, 0.29) is 34.6 Å². The Labute approximate surface area is 164 Å². The summed E-state index contributed by atoms with van der Waals surface area (Å²) in [6.45, 7) is 4.42. The molecule has 1 amide bonds. The lowest BCUT2D eigenvalue weighted by molar-refractivity contribution is -0.121. The molecule has 2 unspecified atom stereocenters. The Balaban J connectivity index is 1.91. The summed E-state index contributed by atoms with van der Waals surface area (Å²) < 4.78 is 24.1. The van der Waals surface area contributed by atoms with Gasteiger partial charge in [0.05, 0.1) is 17.5 Å². The van der Waals surface area contributed by atoms with Crippen molar-refractivity contribution < 1.29 is 13.2 Å². The van der Waals surface area contributed by atoms with Gasteiger partial charge in [-0.25, -0.2) is 8.42 Å². The van der Waals surface area contributed by atoms with Gasteiger partial charge in [-0.05, 0) is 24.5 Å². The molecule has 0 bridgehead atoms. The molecule has 0 aliphatic carbocycles. The molecule has 2 aliphatic rings. The standard InChI is InChI=1S/C18H23ClN2O3S2/c1-3-12(4-2)17(22)20-18-21(9-13-7-5-6-8-14(13)19)15-10-26(23,24)11-16(15)25-18/h5-8,12,15-16H,3-4,9-11H2,1-2H3. The Bertz CT molecular complexity index is 821. The molecule has 1 aromatic rings. The van der Waals surface area contributed by atoms with Gasteiger partial charge in [0.2, 0.25) is 0 Å². The highest BCUT2D eigenvalue weighted by atomic mass is 35.5. The highest BCUT2D eigenvalue weighted by Gasteiger charge is 2.48. The Morgan fingerprint density at radius 1 is 1.31 bits per heavy atom. The van der Waals surface area contributed by atoms with Crippen LogP contribution < -0.4 is 0 Å². The number of aliphatic imine (C=N–C) groups is 1. The number of thioether (sulfide) groups is 1. The number of rotatable bonds is 5. The third-order valence-electron chi connectivity index (χ3n) is 5.01. The number of carbonyl (C=O) groups excluding carboxylic acids is 1.